The van der Waals surface area contributed by atoms with E-state index < -0.39 is 5.25 Å². The first kappa shape index (κ1) is 17.2. The number of halogens is 1. The van der Waals surface area contributed by atoms with E-state index in [0.717, 1.165) is 5.56 Å². The highest BCUT2D eigenvalue weighted by atomic mass is 32.2. The topological polar surface area (TPSA) is 94.1 Å². The predicted molar refractivity (Wildman–Crippen MR) is 92.9 cm³/mol. The van der Waals surface area contributed by atoms with Gasteiger partial charge in [0, 0.05) is 5.92 Å². The van der Waals surface area contributed by atoms with E-state index in [1.807, 2.05) is 0 Å². The largest absolute Gasteiger partial charge is 0.369 e. The van der Waals surface area contributed by atoms with Gasteiger partial charge in [0.05, 0.1) is 6.04 Å². The Morgan fingerprint density at radius 2 is 1.96 bits per heavy atom. The van der Waals surface area contributed by atoms with Crippen molar-refractivity contribution in [1.29, 1.82) is 0 Å². The van der Waals surface area contributed by atoms with Gasteiger partial charge in [0.2, 0.25) is 5.91 Å². The number of nitrogens with two attached hydrogens (primary N) is 1. The van der Waals surface area contributed by atoms with Gasteiger partial charge in [-0.3, -0.25) is 14.5 Å². The van der Waals surface area contributed by atoms with E-state index in [2.05, 4.69) is 15.0 Å². The molecular formula is C17H18FN5O2S. The number of hydrogen-bond donors (Lipinski definition) is 1. The molecule has 2 N–H and O–H groups in total. The summed E-state index contributed by atoms with van der Waals surface area (Å²) in [5.41, 5.74) is 6.29. The first-order chi connectivity index (χ1) is 12.5. The van der Waals surface area contributed by atoms with Crippen LogP contribution in [0.2, 0.25) is 0 Å². The lowest BCUT2D eigenvalue weighted by atomic mass is 9.92. The zero-order valence-corrected chi connectivity index (χ0v) is 14.7. The maximum absolute atomic E-state index is 13.4. The van der Waals surface area contributed by atoms with Gasteiger partial charge in [0.1, 0.15) is 17.4 Å². The Balaban J connectivity index is 1.63. The molecule has 0 radical (unpaired) electrons. The van der Waals surface area contributed by atoms with E-state index >= 15 is 0 Å². The number of carbonyl (C=O) groups excluding carboxylic acids is 2. The van der Waals surface area contributed by atoms with Crippen molar-refractivity contribution in [1.82, 2.24) is 19.7 Å². The second-order valence-corrected chi connectivity index (χ2v) is 7.65. The fourth-order valence-corrected chi connectivity index (χ4v) is 4.88. The molecule has 7 nitrogen and oxygen atoms in total. The van der Waals surface area contributed by atoms with Gasteiger partial charge in [-0.15, -0.1) is 0 Å². The lowest BCUT2D eigenvalue weighted by molar-refractivity contribution is -0.123. The molecule has 0 saturated carbocycles. The molecule has 1 amide bonds. The van der Waals surface area contributed by atoms with Crippen LogP contribution in [0, 0.1) is 11.7 Å². The van der Waals surface area contributed by atoms with Crippen molar-refractivity contribution in [3.63, 3.8) is 0 Å². The molecule has 2 unspecified atom stereocenters. The molecule has 0 aliphatic carbocycles. The van der Waals surface area contributed by atoms with E-state index in [1.165, 1.54) is 34.9 Å². The number of nitrogens with zero attached hydrogens (tertiary/aromatic N) is 4. The minimum atomic E-state index is -0.415. The summed E-state index contributed by atoms with van der Waals surface area (Å²) in [6, 6.07) is 5.98. The fraction of sp³-hybridized carbons (Fsp3) is 0.412. The number of aromatic nitrogens is 3. The van der Waals surface area contributed by atoms with Crippen LogP contribution in [0.25, 0.3) is 0 Å². The number of piperidine rings is 1. The average Bonchev–Trinajstić information content (AvgIpc) is 3.21. The highest BCUT2D eigenvalue weighted by Gasteiger charge is 2.43. The Morgan fingerprint density at radius 1 is 1.27 bits per heavy atom. The van der Waals surface area contributed by atoms with Gasteiger partial charge in [-0.2, -0.15) is 9.78 Å². The van der Waals surface area contributed by atoms with Gasteiger partial charge < -0.3 is 5.73 Å². The zero-order valence-electron chi connectivity index (χ0n) is 13.9. The third-order valence-electron chi connectivity index (χ3n) is 5.02. The van der Waals surface area contributed by atoms with Crippen molar-refractivity contribution in [2.24, 2.45) is 11.7 Å². The number of thioether (sulfide) groups is 1. The van der Waals surface area contributed by atoms with Crippen molar-refractivity contribution in [2.75, 3.05) is 13.1 Å². The summed E-state index contributed by atoms with van der Waals surface area (Å²) < 4.78 is 14.7. The lowest BCUT2D eigenvalue weighted by Gasteiger charge is -2.38. The second kappa shape index (κ2) is 6.81. The molecule has 2 aromatic rings. The molecule has 26 heavy (non-hydrogen) atoms. The van der Waals surface area contributed by atoms with Crippen molar-refractivity contribution in [3.05, 3.63) is 42.0 Å². The molecule has 2 aliphatic heterocycles. The summed E-state index contributed by atoms with van der Waals surface area (Å²) in [6.07, 6.45) is 2.67. The minimum Gasteiger partial charge on any atom is -0.369 e. The van der Waals surface area contributed by atoms with E-state index in [0.29, 0.717) is 31.1 Å². The molecule has 0 bridgehead atoms. The van der Waals surface area contributed by atoms with Crippen molar-refractivity contribution >= 4 is 23.6 Å². The van der Waals surface area contributed by atoms with E-state index in [1.54, 1.807) is 12.1 Å². The summed E-state index contributed by atoms with van der Waals surface area (Å²) >= 11 is 1.37. The monoisotopic (exact) mass is 375 g/mol. The highest BCUT2D eigenvalue weighted by molar-refractivity contribution is 8.00. The molecule has 1 aromatic carbocycles. The number of fused-ring (bicyclic) bond motifs is 1. The van der Waals surface area contributed by atoms with E-state index in [4.69, 9.17) is 5.73 Å². The number of hydrogen-bond acceptors (Lipinski definition) is 6. The summed E-state index contributed by atoms with van der Waals surface area (Å²) in [4.78, 5) is 30.6. The Hall–Kier alpha value is -2.26. The van der Waals surface area contributed by atoms with Crippen molar-refractivity contribution < 1.29 is 14.0 Å². The Bertz CT molecular complexity index is 832. The molecule has 9 heteroatoms. The normalized spacial score (nSPS) is 22.3. The molecule has 3 heterocycles. The number of primary amides is 1. The van der Waals surface area contributed by atoms with Crippen LogP contribution in [-0.2, 0) is 4.79 Å². The molecule has 1 fully saturated rings. The number of benzene rings is 1. The van der Waals surface area contributed by atoms with Gasteiger partial charge in [0.25, 0.3) is 5.91 Å². The van der Waals surface area contributed by atoms with E-state index in [-0.39, 0.29) is 29.6 Å². The average molecular weight is 375 g/mol. The first-order valence-corrected chi connectivity index (χ1v) is 9.32. The maximum Gasteiger partial charge on any atom is 0.264 e. The Morgan fingerprint density at radius 3 is 2.58 bits per heavy atom. The van der Waals surface area contributed by atoms with Gasteiger partial charge in [-0.25, -0.2) is 9.37 Å². The third kappa shape index (κ3) is 3.01. The highest BCUT2D eigenvalue weighted by Crippen LogP contribution is 2.41. The molecule has 1 aromatic heterocycles. The molecule has 4 rings (SSSR count). The summed E-state index contributed by atoms with van der Waals surface area (Å²) in [5.74, 6) is -0.864. The van der Waals surface area contributed by atoms with Gasteiger partial charge >= 0.3 is 0 Å². The predicted octanol–water partition coefficient (Wildman–Crippen LogP) is 1.47. The number of rotatable bonds is 4. The quantitative estimate of drug-likeness (QED) is 0.870. The fourth-order valence-electron chi connectivity index (χ4n) is 3.65. The Labute approximate surface area is 153 Å². The summed E-state index contributed by atoms with van der Waals surface area (Å²) in [6.45, 7) is 1.30. The van der Waals surface area contributed by atoms with Crippen LogP contribution in [0.1, 0.15) is 29.2 Å². The molecule has 2 atom stereocenters. The summed E-state index contributed by atoms with van der Waals surface area (Å²) in [7, 11) is 0. The smallest absolute Gasteiger partial charge is 0.264 e. The van der Waals surface area contributed by atoms with Crippen LogP contribution in [0.5, 0.6) is 0 Å². The summed E-state index contributed by atoms with van der Waals surface area (Å²) in [5, 5.41) is 4.15. The standard InChI is InChI=1S/C17H18FN5O2S/c18-12-3-1-10(2-4-12)13(22-7-5-11(6-8-22)15(19)24)14-16(25)23-17(26-14)20-9-21-23/h1-4,9,11,13-14H,5-8H2,(H2,19,24). The number of amides is 1. The van der Waals surface area contributed by atoms with Crippen LogP contribution in [0.3, 0.4) is 0 Å². The molecule has 2 aliphatic rings. The molecule has 1 saturated heterocycles. The minimum absolute atomic E-state index is 0.131. The van der Waals surface area contributed by atoms with Crippen LogP contribution in [-0.4, -0.2) is 49.8 Å². The lowest BCUT2D eigenvalue weighted by Crippen LogP contribution is -2.45. The SMILES string of the molecule is NC(=O)C1CCN(C(c2ccc(F)cc2)C2Sc3ncnn3C2=O)CC1. The number of likely N-dealkylation sites (tertiary alicyclic amines) is 1. The van der Waals surface area contributed by atoms with Crippen LogP contribution < -0.4 is 5.73 Å². The van der Waals surface area contributed by atoms with E-state index in [9.17, 15) is 14.0 Å². The second-order valence-electron chi connectivity index (χ2n) is 6.54. The number of carbonyl (C=O) groups is 2. The van der Waals surface area contributed by atoms with Crippen LogP contribution in [0.15, 0.2) is 35.7 Å². The third-order valence-corrected chi connectivity index (χ3v) is 6.23. The van der Waals surface area contributed by atoms with Crippen LogP contribution in [0.4, 0.5) is 4.39 Å². The zero-order chi connectivity index (χ0) is 18.3. The first-order valence-electron chi connectivity index (χ1n) is 8.44. The molecule has 0 spiro atoms. The van der Waals surface area contributed by atoms with Crippen molar-refractivity contribution in [3.8, 4) is 0 Å². The van der Waals surface area contributed by atoms with Gasteiger partial charge in [-0.1, -0.05) is 23.9 Å². The van der Waals surface area contributed by atoms with Gasteiger partial charge in [0.15, 0.2) is 5.16 Å². The van der Waals surface area contributed by atoms with Crippen molar-refractivity contribution in [2.45, 2.75) is 29.3 Å². The van der Waals surface area contributed by atoms with Gasteiger partial charge in [-0.05, 0) is 43.6 Å². The maximum atomic E-state index is 13.4. The molecular weight excluding hydrogens is 357 g/mol. The van der Waals surface area contributed by atoms with Crippen LogP contribution >= 0.6 is 11.8 Å². The Kier molecular flexibility index (Phi) is 4.49. The molecule has 136 valence electrons.